The number of hydrogen-bond donors (Lipinski definition) is 0. The lowest BCUT2D eigenvalue weighted by Gasteiger charge is -2.20. The summed E-state index contributed by atoms with van der Waals surface area (Å²) >= 11 is 1.53. The highest BCUT2D eigenvalue weighted by atomic mass is 32.1. The first-order valence-electron chi connectivity index (χ1n) is 8.55. The van der Waals surface area contributed by atoms with Crippen molar-refractivity contribution in [1.29, 1.82) is 0 Å². The molecular weight excluding hydrogens is 330 g/mol. The van der Waals surface area contributed by atoms with Crippen molar-refractivity contribution in [3.8, 4) is 15.6 Å². The molecule has 0 radical (unpaired) electrons. The van der Waals surface area contributed by atoms with E-state index in [1.807, 2.05) is 26.1 Å². The average Bonchev–Trinajstić information content (AvgIpc) is 3.09. The Hall–Kier alpha value is -2.40. The molecule has 4 nitrogen and oxygen atoms in total. The Morgan fingerprint density at radius 3 is 2.44 bits per heavy atom. The summed E-state index contributed by atoms with van der Waals surface area (Å²) in [5.74, 6) is 0. The van der Waals surface area contributed by atoms with Crippen LogP contribution in [-0.2, 0) is 0 Å². The molecule has 0 atom stereocenters. The molecule has 0 aliphatic carbocycles. The molecule has 2 heterocycles. The van der Waals surface area contributed by atoms with Gasteiger partial charge >= 0.3 is 0 Å². The number of anilines is 1. The molecule has 0 saturated carbocycles. The smallest absolute Gasteiger partial charge is 0.258 e. The van der Waals surface area contributed by atoms with Crippen LogP contribution in [0.5, 0.6) is 0 Å². The molecule has 0 fully saturated rings. The third-order valence-electron chi connectivity index (χ3n) is 4.31. The molecule has 5 heteroatoms. The topological polar surface area (TPSA) is 38.1 Å². The van der Waals surface area contributed by atoms with Crippen LogP contribution >= 0.6 is 11.3 Å². The van der Waals surface area contributed by atoms with E-state index < -0.39 is 0 Å². The monoisotopic (exact) mass is 353 g/mol. The third kappa shape index (κ3) is 3.51. The molecule has 0 bridgehead atoms. The SMILES string of the molecule is CCN(CC)c1ccc(-c2ncc(-n3cc(C)cc(C)c3=O)s2)cc1. The summed E-state index contributed by atoms with van der Waals surface area (Å²) in [6.45, 7) is 10.1. The molecule has 0 amide bonds. The average molecular weight is 353 g/mol. The number of nitrogens with zero attached hydrogens (tertiary/aromatic N) is 3. The zero-order valence-electron chi connectivity index (χ0n) is 15.1. The highest BCUT2D eigenvalue weighted by molar-refractivity contribution is 7.17. The first kappa shape index (κ1) is 17.4. The second-order valence-corrected chi connectivity index (χ2v) is 7.11. The molecule has 0 aliphatic rings. The van der Waals surface area contributed by atoms with Gasteiger partial charge in [-0.25, -0.2) is 4.98 Å². The second kappa shape index (κ2) is 7.23. The Labute approximate surface area is 152 Å². The van der Waals surface area contributed by atoms with Gasteiger partial charge in [0.25, 0.3) is 5.56 Å². The van der Waals surface area contributed by atoms with Crippen LogP contribution in [0.2, 0.25) is 0 Å². The molecule has 130 valence electrons. The fourth-order valence-electron chi connectivity index (χ4n) is 2.97. The van der Waals surface area contributed by atoms with Crippen LogP contribution in [0.4, 0.5) is 5.69 Å². The van der Waals surface area contributed by atoms with Crippen molar-refractivity contribution < 1.29 is 0 Å². The fourth-order valence-corrected chi connectivity index (χ4v) is 3.87. The van der Waals surface area contributed by atoms with E-state index in [9.17, 15) is 4.79 Å². The van der Waals surface area contributed by atoms with Crippen LogP contribution < -0.4 is 10.5 Å². The highest BCUT2D eigenvalue weighted by Crippen LogP contribution is 2.28. The van der Waals surface area contributed by atoms with Crippen molar-refractivity contribution in [1.82, 2.24) is 9.55 Å². The van der Waals surface area contributed by atoms with Gasteiger partial charge in [-0.3, -0.25) is 9.36 Å². The molecule has 3 aromatic rings. The molecule has 0 saturated heterocycles. The number of thiazole rings is 1. The van der Waals surface area contributed by atoms with Crippen LogP contribution in [0.3, 0.4) is 0 Å². The molecule has 2 aromatic heterocycles. The minimum Gasteiger partial charge on any atom is -0.372 e. The van der Waals surface area contributed by atoms with Crippen molar-refractivity contribution in [2.45, 2.75) is 27.7 Å². The lowest BCUT2D eigenvalue weighted by atomic mass is 10.2. The van der Waals surface area contributed by atoms with Gasteiger partial charge in [0.1, 0.15) is 10.0 Å². The van der Waals surface area contributed by atoms with E-state index in [0.717, 1.165) is 39.8 Å². The Bertz CT molecular complexity index is 921. The lowest BCUT2D eigenvalue weighted by molar-refractivity contribution is 0.866. The van der Waals surface area contributed by atoms with Gasteiger partial charge in [0.05, 0.1) is 6.20 Å². The molecule has 0 N–H and O–H groups in total. The number of aromatic nitrogens is 2. The third-order valence-corrected chi connectivity index (χ3v) is 5.35. The predicted molar refractivity (Wildman–Crippen MR) is 106 cm³/mol. The summed E-state index contributed by atoms with van der Waals surface area (Å²) in [5.41, 5.74) is 4.12. The number of hydrogen-bond acceptors (Lipinski definition) is 4. The molecule has 0 aliphatic heterocycles. The van der Waals surface area contributed by atoms with Gasteiger partial charge < -0.3 is 4.90 Å². The molecule has 25 heavy (non-hydrogen) atoms. The maximum absolute atomic E-state index is 12.4. The van der Waals surface area contributed by atoms with Gasteiger partial charge in [-0.05, 0) is 63.6 Å². The zero-order chi connectivity index (χ0) is 18.0. The van der Waals surface area contributed by atoms with Crippen molar-refractivity contribution >= 4 is 17.0 Å². The molecule has 0 spiro atoms. The standard InChI is InChI=1S/C20H23N3OS/c1-5-22(6-2)17-9-7-16(8-10-17)19-21-12-18(25-19)23-13-14(3)11-15(4)20(23)24/h7-13H,5-6H2,1-4H3. The quantitative estimate of drug-likeness (QED) is 0.681. The summed E-state index contributed by atoms with van der Waals surface area (Å²) in [6, 6.07) is 10.4. The van der Waals surface area contributed by atoms with Gasteiger partial charge in [0.15, 0.2) is 0 Å². The second-order valence-electron chi connectivity index (χ2n) is 6.10. The number of aryl methyl sites for hydroxylation is 2. The highest BCUT2D eigenvalue weighted by Gasteiger charge is 2.10. The Balaban J connectivity index is 1.93. The van der Waals surface area contributed by atoms with Crippen LogP contribution in [0.25, 0.3) is 15.6 Å². The summed E-state index contributed by atoms with van der Waals surface area (Å²) in [4.78, 5) is 19.2. The zero-order valence-corrected chi connectivity index (χ0v) is 15.9. The number of benzene rings is 1. The molecular formula is C20H23N3OS. The largest absolute Gasteiger partial charge is 0.372 e. The van der Waals surface area contributed by atoms with Crippen molar-refractivity contribution in [2.24, 2.45) is 0 Å². The minimum absolute atomic E-state index is 0.0117. The van der Waals surface area contributed by atoms with Gasteiger partial charge in [-0.2, -0.15) is 0 Å². The van der Waals surface area contributed by atoms with Crippen molar-refractivity contribution in [3.05, 3.63) is 64.2 Å². The van der Waals surface area contributed by atoms with E-state index in [-0.39, 0.29) is 5.56 Å². The summed E-state index contributed by atoms with van der Waals surface area (Å²) in [7, 11) is 0. The first-order chi connectivity index (χ1) is 12.0. The summed E-state index contributed by atoms with van der Waals surface area (Å²) < 4.78 is 1.69. The van der Waals surface area contributed by atoms with Crippen molar-refractivity contribution in [3.63, 3.8) is 0 Å². The van der Waals surface area contributed by atoms with Crippen LogP contribution in [0.15, 0.2) is 47.5 Å². The van der Waals surface area contributed by atoms with E-state index in [0.29, 0.717) is 0 Å². The minimum atomic E-state index is 0.0117. The van der Waals surface area contributed by atoms with Crippen LogP contribution in [-0.4, -0.2) is 22.6 Å². The van der Waals surface area contributed by atoms with E-state index in [1.165, 1.54) is 17.0 Å². The molecule has 1 aromatic carbocycles. The van der Waals surface area contributed by atoms with Gasteiger partial charge in [0.2, 0.25) is 0 Å². The van der Waals surface area contributed by atoms with E-state index in [4.69, 9.17) is 0 Å². The maximum atomic E-state index is 12.4. The summed E-state index contributed by atoms with van der Waals surface area (Å²) in [5, 5.41) is 1.77. The van der Waals surface area contributed by atoms with Gasteiger partial charge in [0, 0.05) is 36.1 Å². The van der Waals surface area contributed by atoms with Crippen molar-refractivity contribution in [2.75, 3.05) is 18.0 Å². The fraction of sp³-hybridized carbons (Fsp3) is 0.300. The Kier molecular flexibility index (Phi) is 5.04. The van der Waals surface area contributed by atoms with Gasteiger partial charge in [-0.15, -0.1) is 0 Å². The van der Waals surface area contributed by atoms with Crippen LogP contribution in [0.1, 0.15) is 25.0 Å². The molecule has 0 unspecified atom stereocenters. The maximum Gasteiger partial charge on any atom is 0.258 e. The van der Waals surface area contributed by atoms with Crippen LogP contribution in [0, 0.1) is 13.8 Å². The van der Waals surface area contributed by atoms with Gasteiger partial charge in [-0.1, -0.05) is 11.3 Å². The Morgan fingerprint density at radius 2 is 1.80 bits per heavy atom. The first-order valence-corrected chi connectivity index (χ1v) is 9.36. The lowest BCUT2D eigenvalue weighted by Crippen LogP contribution is -2.21. The Morgan fingerprint density at radius 1 is 1.12 bits per heavy atom. The number of pyridine rings is 1. The molecule has 3 rings (SSSR count). The summed E-state index contributed by atoms with van der Waals surface area (Å²) in [6.07, 6.45) is 3.65. The normalized spacial score (nSPS) is 10.9. The van der Waals surface area contributed by atoms with E-state index in [1.54, 1.807) is 10.8 Å². The predicted octanol–water partition coefficient (Wildman–Crippen LogP) is 4.42. The number of rotatable bonds is 5. The van der Waals surface area contributed by atoms with E-state index in [2.05, 4.69) is 48.0 Å². The van der Waals surface area contributed by atoms with E-state index >= 15 is 0 Å².